The summed E-state index contributed by atoms with van der Waals surface area (Å²) in [4.78, 5) is 13.1. The Hall–Kier alpha value is -0.280. The molecule has 78 valence electrons. The van der Waals surface area contributed by atoms with Crippen molar-refractivity contribution in [2.24, 2.45) is 0 Å². The molecule has 0 aromatic carbocycles. The van der Waals surface area contributed by atoms with E-state index < -0.39 is 0 Å². The van der Waals surface area contributed by atoms with E-state index in [1.165, 1.54) is 6.42 Å². The summed E-state index contributed by atoms with van der Waals surface area (Å²) in [6, 6.07) is 0.432. The molecule has 0 spiro atoms. The maximum Gasteiger partial charge on any atom is 0.219 e. The van der Waals surface area contributed by atoms with E-state index in [1.807, 2.05) is 11.8 Å². The van der Waals surface area contributed by atoms with Crippen molar-refractivity contribution in [1.29, 1.82) is 0 Å². The van der Waals surface area contributed by atoms with Gasteiger partial charge in [0.25, 0.3) is 0 Å². The normalized spacial score (nSPS) is 21.8. The zero-order chi connectivity index (χ0) is 8.97. The van der Waals surface area contributed by atoms with Crippen molar-refractivity contribution in [3.05, 3.63) is 0 Å². The molecule has 1 amide bonds. The zero-order valence-electron chi connectivity index (χ0n) is 8.38. The number of carbonyl (C=O) groups is 1. The first-order valence-electron chi connectivity index (χ1n) is 4.73. The third-order valence-electron chi connectivity index (χ3n) is 2.46. The van der Waals surface area contributed by atoms with Gasteiger partial charge in [0.2, 0.25) is 5.91 Å². The number of nitrogens with zero attached hydrogens (tertiary/aromatic N) is 1. The van der Waals surface area contributed by atoms with Gasteiger partial charge in [0.15, 0.2) is 0 Å². The van der Waals surface area contributed by atoms with E-state index in [1.54, 1.807) is 6.92 Å². The van der Waals surface area contributed by atoms with Gasteiger partial charge < -0.3 is 10.2 Å². The van der Waals surface area contributed by atoms with E-state index in [2.05, 4.69) is 5.32 Å². The molecule has 0 aromatic heterocycles. The van der Waals surface area contributed by atoms with Crippen LogP contribution in [-0.4, -0.2) is 36.5 Å². The highest BCUT2D eigenvalue weighted by atomic mass is 35.5. The summed E-state index contributed by atoms with van der Waals surface area (Å²) in [5.74, 6) is 0.200. The average Bonchev–Trinajstić information content (AvgIpc) is 2.07. The highest BCUT2D eigenvalue weighted by Gasteiger charge is 2.20. The minimum Gasteiger partial charge on any atom is -0.339 e. The van der Waals surface area contributed by atoms with Crippen LogP contribution in [0.25, 0.3) is 0 Å². The minimum absolute atomic E-state index is 0. The fraction of sp³-hybridized carbons (Fsp3) is 0.889. The molecule has 4 heteroatoms. The molecular weight excluding hydrogens is 188 g/mol. The number of nitrogens with one attached hydrogen (secondary N) is 1. The molecule has 0 aromatic rings. The second-order valence-electron chi connectivity index (χ2n) is 3.31. The van der Waals surface area contributed by atoms with Gasteiger partial charge in [-0.2, -0.15) is 0 Å². The molecule has 1 heterocycles. The topological polar surface area (TPSA) is 32.3 Å². The fourth-order valence-electron chi connectivity index (χ4n) is 1.84. The van der Waals surface area contributed by atoms with E-state index in [-0.39, 0.29) is 18.3 Å². The van der Waals surface area contributed by atoms with Gasteiger partial charge in [-0.15, -0.1) is 12.4 Å². The molecule has 0 bridgehead atoms. The molecule has 1 aliphatic rings. The van der Waals surface area contributed by atoms with Gasteiger partial charge in [0.05, 0.1) is 0 Å². The number of amides is 1. The van der Waals surface area contributed by atoms with Crippen molar-refractivity contribution >= 4 is 18.3 Å². The number of piperidine rings is 1. The maximum atomic E-state index is 11.2. The van der Waals surface area contributed by atoms with E-state index >= 15 is 0 Å². The molecule has 1 N–H and O–H groups in total. The molecule has 13 heavy (non-hydrogen) atoms. The van der Waals surface area contributed by atoms with Crippen LogP contribution in [0.4, 0.5) is 0 Å². The molecule has 0 saturated carbocycles. The van der Waals surface area contributed by atoms with Gasteiger partial charge in [0, 0.05) is 26.1 Å². The Morgan fingerprint density at radius 3 is 2.69 bits per heavy atom. The van der Waals surface area contributed by atoms with Gasteiger partial charge in [-0.1, -0.05) is 0 Å². The van der Waals surface area contributed by atoms with Crippen LogP contribution in [0, 0.1) is 0 Å². The summed E-state index contributed by atoms with van der Waals surface area (Å²) in [5, 5.41) is 3.31. The summed E-state index contributed by atoms with van der Waals surface area (Å²) in [6.45, 7) is 6.59. The van der Waals surface area contributed by atoms with Crippen LogP contribution in [-0.2, 0) is 4.79 Å². The third-order valence-corrected chi connectivity index (χ3v) is 2.46. The molecular formula is C9H19ClN2O. The highest BCUT2D eigenvalue weighted by Crippen LogP contribution is 2.09. The van der Waals surface area contributed by atoms with E-state index in [0.29, 0.717) is 6.04 Å². The van der Waals surface area contributed by atoms with Gasteiger partial charge in [-0.25, -0.2) is 0 Å². The summed E-state index contributed by atoms with van der Waals surface area (Å²) in [5.41, 5.74) is 0. The quantitative estimate of drug-likeness (QED) is 0.732. The minimum atomic E-state index is 0. The van der Waals surface area contributed by atoms with Crippen LogP contribution < -0.4 is 5.32 Å². The second kappa shape index (κ2) is 6.22. The molecule has 0 unspecified atom stereocenters. The molecule has 0 aliphatic carbocycles. The van der Waals surface area contributed by atoms with Crippen LogP contribution in [0.15, 0.2) is 0 Å². The molecule has 1 atom stereocenters. The molecule has 0 radical (unpaired) electrons. The van der Waals surface area contributed by atoms with Gasteiger partial charge in [-0.05, 0) is 26.3 Å². The number of carbonyl (C=O) groups excluding carboxylic acids is 1. The lowest BCUT2D eigenvalue weighted by Crippen LogP contribution is -2.47. The van der Waals surface area contributed by atoms with Crippen LogP contribution in [0.2, 0.25) is 0 Å². The Morgan fingerprint density at radius 1 is 1.62 bits per heavy atom. The van der Waals surface area contributed by atoms with Crippen molar-refractivity contribution < 1.29 is 4.79 Å². The lowest BCUT2D eigenvalue weighted by molar-refractivity contribution is -0.131. The maximum absolute atomic E-state index is 11.2. The Labute approximate surface area is 86.3 Å². The summed E-state index contributed by atoms with van der Waals surface area (Å²) in [6.07, 6.45) is 2.34. The first-order chi connectivity index (χ1) is 5.75. The van der Waals surface area contributed by atoms with Crippen molar-refractivity contribution in [1.82, 2.24) is 10.2 Å². The van der Waals surface area contributed by atoms with Gasteiger partial charge >= 0.3 is 0 Å². The number of halogens is 1. The first-order valence-corrected chi connectivity index (χ1v) is 4.73. The lowest BCUT2D eigenvalue weighted by atomic mass is 10.1. The molecule has 1 fully saturated rings. The number of likely N-dealkylation sites (N-methyl/N-ethyl adjacent to an activating group) is 1. The predicted molar refractivity (Wildman–Crippen MR) is 56.2 cm³/mol. The Morgan fingerprint density at radius 2 is 2.31 bits per heavy atom. The predicted octanol–water partition coefficient (Wildman–Crippen LogP) is 1.03. The first kappa shape index (κ1) is 12.7. The summed E-state index contributed by atoms with van der Waals surface area (Å²) < 4.78 is 0. The molecule has 1 saturated heterocycles. The van der Waals surface area contributed by atoms with Crippen LogP contribution >= 0.6 is 12.4 Å². The van der Waals surface area contributed by atoms with E-state index in [0.717, 1.165) is 26.1 Å². The van der Waals surface area contributed by atoms with Gasteiger partial charge in [-0.3, -0.25) is 4.79 Å². The smallest absolute Gasteiger partial charge is 0.219 e. The van der Waals surface area contributed by atoms with Crippen LogP contribution in [0.1, 0.15) is 26.7 Å². The monoisotopic (exact) mass is 206 g/mol. The standard InChI is InChI=1S/C9H18N2O.ClH/c1-3-11(8(2)12)9-5-4-6-10-7-9;/h9-10H,3-7H2,1-2H3;1H/t9-;/m0./s1. The highest BCUT2D eigenvalue weighted by molar-refractivity contribution is 5.85. The van der Waals surface area contributed by atoms with Gasteiger partial charge in [0.1, 0.15) is 0 Å². The molecule has 1 aliphatic heterocycles. The third kappa shape index (κ3) is 3.53. The zero-order valence-corrected chi connectivity index (χ0v) is 9.19. The van der Waals surface area contributed by atoms with Crippen LogP contribution in [0.5, 0.6) is 0 Å². The summed E-state index contributed by atoms with van der Waals surface area (Å²) >= 11 is 0. The summed E-state index contributed by atoms with van der Waals surface area (Å²) in [7, 11) is 0. The van der Waals surface area contributed by atoms with E-state index in [4.69, 9.17) is 0 Å². The lowest BCUT2D eigenvalue weighted by Gasteiger charge is -2.33. The van der Waals surface area contributed by atoms with E-state index in [9.17, 15) is 4.79 Å². The second-order valence-corrected chi connectivity index (χ2v) is 3.31. The number of hydrogen-bond donors (Lipinski definition) is 1. The molecule has 1 rings (SSSR count). The Balaban J connectivity index is 0.00000144. The number of rotatable bonds is 2. The molecule has 3 nitrogen and oxygen atoms in total. The van der Waals surface area contributed by atoms with Crippen LogP contribution in [0.3, 0.4) is 0 Å². The van der Waals surface area contributed by atoms with Crippen molar-refractivity contribution in [2.75, 3.05) is 19.6 Å². The Bertz CT molecular complexity index is 158. The fourth-order valence-corrected chi connectivity index (χ4v) is 1.84. The van der Waals surface area contributed by atoms with Crippen molar-refractivity contribution in [3.8, 4) is 0 Å². The number of hydrogen-bond acceptors (Lipinski definition) is 2. The van der Waals surface area contributed by atoms with Crippen molar-refractivity contribution in [3.63, 3.8) is 0 Å². The SMILES string of the molecule is CCN(C(C)=O)[C@H]1CCCNC1.Cl. The average molecular weight is 207 g/mol. The van der Waals surface area contributed by atoms with Crippen molar-refractivity contribution in [2.45, 2.75) is 32.7 Å². The largest absolute Gasteiger partial charge is 0.339 e. The Kier molecular flexibility index (Phi) is 6.08.